The van der Waals surface area contributed by atoms with E-state index in [9.17, 15) is 0 Å². The number of hydrogen-bond donors (Lipinski definition) is 1. The highest BCUT2D eigenvalue weighted by Gasteiger charge is 2.28. The van der Waals surface area contributed by atoms with Crippen molar-refractivity contribution >= 4 is 5.82 Å². The molecule has 2 heterocycles. The van der Waals surface area contributed by atoms with Crippen molar-refractivity contribution in [2.24, 2.45) is 11.7 Å². The van der Waals surface area contributed by atoms with Crippen molar-refractivity contribution in [1.82, 2.24) is 4.98 Å². The van der Waals surface area contributed by atoms with Gasteiger partial charge in [0, 0.05) is 19.1 Å². The molecule has 1 aromatic rings. The molecule has 4 nitrogen and oxygen atoms in total. The number of rotatable bonds is 2. The molecule has 2 N–H and O–H groups in total. The lowest BCUT2D eigenvalue weighted by Crippen LogP contribution is -2.49. The van der Waals surface area contributed by atoms with Gasteiger partial charge >= 0.3 is 0 Å². The van der Waals surface area contributed by atoms with Gasteiger partial charge in [-0.1, -0.05) is 13.0 Å². The van der Waals surface area contributed by atoms with Crippen LogP contribution in [0.3, 0.4) is 0 Å². The maximum Gasteiger partial charge on any atom is 0.142 e. The van der Waals surface area contributed by atoms with E-state index < -0.39 is 0 Å². The lowest BCUT2D eigenvalue weighted by molar-refractivity contribution is 0.348. The average Bonchev–Trinajstić information content (AvgIpc) is 2.38. The Kier molecular flexibility index (Phi) is 3.60. The molecule has 1 aliphatic heterocycles. The van der Waals surface area contributed by atoms with Crippen LogP contribution in [0.15, 0.2) is 18.2 Å². The molecule has 2 unspecified atom stereocenters. The molecule has 4 heteroatoms. The van der Waals surface area contributed by atoms with Gasteiger partial charge in [0.2, 0.25) is 0 Å². The van der Waals surface area contributed by atoms with E-state index in [1.54, 1.807) is 6.07 Å². The quantitative estimate of drug-likeness (QED) is 0.836. The third-order valence-electron chi connectivity index (χ3n) is 3.50. The normalized spacial score (nSPS) is 24.4. The molecule has 2 atom stereocenters. The molecule has 17 heavy (non-hydrogen) atoms. The first-order valence-electron chi connectivity index (χ1n) is 6.10. The molecule has 1 saturated heterocycles. The Bertz CT molecular complexity index is 424. The van der Waals surface area contributed by atoms with Crippen LogP contribution in [-0.4, -0.2) is 24.1 Å². The minimum absolute atomic E-state index is 0.338. The summed E-state index contributed by atoms with van der Waals surface area (Å²) in [6, 6.07) is 7.99. The first-order valence-corrected chi connectivity index (χ1v) is 6.10. The Morgan fingerprint density at radius 1 is 1.59 bits per heavy atom. The molecule has 0 aliphatic carbocycles. The maximum atomic E-state index is 8.88. The molecule has 1 fully saturated rings. The molecule has 0 radical (unpaired) electrons. The Morgan fingerprint density at radius 3 is 3.12 bits per heavy atom. The molecule has 1 aliphatic rings. The highest BCUT2D eigenvalue weighted by molar-refractivity contribution is 5.43. The zero-order valence-electron chi connectivity index (χ0n) is 10.1. The monoisotopic (exact) mass is 230 g/mol. The fraction of sp³-hybridized carbons (Fsp3) is 0.538. The molecule has 0 amide bonds. The van der Waals surface area contributed by atoms with E-state index in [1.807, 2.05) is 12.1 Å². The second-order valence-electron chi connectivity index (χ2n) is 4.61. The maximum absolute atomic E-state index is 8.88. The van der Waals surface area contributed by atoms with Crippen LogP contribution in [0.5, 0.6) is 0 Å². The van der Waals surface area contributed by atoms with E-state index in [2.05, 4.69) is 22.9 Å². The van der Waals surface area contributed by atoms with Crippen molar-refractivity contribution in [2.45, 2.75) is 25.8 Å². The summed E-state index contributed by atoms with van der Waals surface area (Å²) in [7, 11) is 0. The van der Waals surface area contributed by atoms with Crippen LogP contribution in [0.1, 0.15) is 25.5 Å². The number of nitrogens with two attached hydrogens (primary N) is 1. The highest BCUT2D eigenvalue weighted by Crippen LogP contribution is 2.26. The van der Waals surface area contributed by atoms with Gasteiger partial charge in [-0.05, 0) is 30.9 Å². The number of nitrogens with zero attached hydrogens (tertiary/aromatic N) is 3. The van der Waals surface area contributed by atoms with Gasteiger partial charge in [-0.2, -0.15) is 5.26 Å². The lowest BCUT2D eigenvalue weighted by atomic mass is 9.91. The predicted molar refractivity (Wildman–Crippen MR) is 67.5 cm³/mol. The van der Waals surface area contributed by atoms with E-state index in [0.29, 0.717) is 24.2 Å². The molecular formula is C13H18N4. The Labute approximate surface area is 102 Å². The molecule has 1 aromatic heterocycles. The SMILES string of the molecule is CC1CCCN(c2cccc(C#N)n2)C1CN. The highest BCUT2D eigenvalue weighted by atomic mass is 15.2. The summed E-state index contributed by atoms with van der Waals surface area (Å²) in [5, 5.41) is 8.88. The number of hydrogen-bond acceptors (Lipinski definition) is 4. The summed E-state index contributed by atoms with van der Waals surface area (Å²) in [5.74, 6) is 1.47. The van der Waals surface area contributed by atoms with Crippen LogP contribution in [0.25, 0.3) is 0 Å². The second-order valence-corrected chi connectivity index (χ2v) is 4.61. The predicted octanol–water partition coefficient (Wildman–Crippen LogP) is 1.52. The molecule has 2 rings (SSSR count). The van der Waals surface area contributed by atoms with E-state index in [0.717, 1.165) is 18.8 Å². The van der Waals surface area contributed by atoms with Gasteiger partial charge < -0.3 is 10.6 Å². The van der Waals surface area contributed by atoms with E-state index in [4.69, 9.17) is 11.0 Å². The zero-order chi connectivity index (χ0) is 12.3. The van der Waals surface area contributed by atoms with E-state index >= 15 is 0 Å². The first-order chi connectivity index (χ1) is 8.26. The van der Waals surface area contributed by atoms with Crippen molar-refractivity contribution in [3.8, 4) is 6.07 Å². The summed E-state index contributed by atoms with van der Waals surface area (Å²) >= 11 is 0. The van der Waals surface area contributed by atoms with Crippen molar-refractivity contribution in [2.75, 3.05) is 18.0 Å². The number of piperidine rings is 1. The van der Waals surface area contributed by atoms with Crippen LogP contribution >= 0.6 is 0 Å². The van der Waals surface area contributed by atoms with Gasteiger partial charge in [0.1, 0.15) is 17.6 Å². The molecule has 90 valence electrons. The lowest BCUT2D eigenvalue weighted by Gasteiger charge is -2.40. The van der Waals surface area contributed by atoms with Crippen molar-refractivity contribution in [3.63, 3.8) is 0 Å². The fourth-order valence-electron chi connectivity index (χ4n) is 2.54. The zero-order valence-corrected chi connectivity index (χ0v) is 10.1. The standard InChI is InChI=1S/C13H18N4/c1-10-4-3-7-17(12(10)9-15)13-6-2-5-11(8-14)16-13/h2,5-6,10,12H,3-4,7,9,15H2,1H3. The smallest absolute Gasteiger partial charge is 0.142 e. The van der Waals surface area contributed by atoms with Gasteiger partial charge in [-0.3, -0.25) is 0 Å². The molecule has 0 bridgehead atoms. The first kappa shape index (κ1) is 11.9. The van der Waals surface area contributed by atoms with Gasteiger partial charge in [0.25, 0.3) is 0 Å². The third kappa shape index (κ3) is 2.40. The number of pyridine rings is 1. The van der Waals surface area contributed by atoms with Gasteiger partial charge in [-0.15, -0.1) is 0 Å². The third-order valence-corrected chi connectivity index (χ3v) is 3.50. The van der Waals surface area contributed by atoms with E-state index in [1.165, 1.54) is 6.42 Å². The molecular weight excluding hydrogens is 212 g/mol. The average molecular weight is 230 g/mol. The molecule has 0 spiro atoms. The van der Waals surface area contributed by atoms with Crippen LogP contribution in [-0.2, 0) is 0 Å². The minimum Gasteiger partial charge on any atom is -0.352 e. The number of aromatic nitrogens is 1. The number of nitriles is 1. The number of anilines is 1. The Balaban J connectivity index is 2.27. The van der Waals surface area contributed by atoms with Crippen LogP contribution < -0.4 is 10.6 Å². The second kappa shape index (κ2) is 5.15. The largest absolute Gasteiger partial charge is 0.352 e. The molecule has 0 saturated carbocycles. The molecule has 0 aromatic carbocycles. The van der Waals surface area contributed by atoms with Crippen molar-refractivity contribution < 1.29 is 0 Å². The fourth-order valence-corrected chi connectivity index (χ4v) is 2.54. The summed E-state index contributed by atoms with van der Waals surface area (Å²) in [6.45, 7) is 3.85. The summed E-state index contributed by atoms with van der Waals surface area (Å²) in [6.07, 6.45) is 2.38. The van der Waals surface area contributed by atoms with Gasteiger partial charge in [0.15, 0.2) is 0 Å². The Hall–Kier alpha value is -1.60. The minimum atomic E-state index is 0.338. The van der Waals surface area contributed by atoms with E-state index in [-0.39, 0.29) is 0 Å². The van der Waals surface area contributed by atoms with Crippen LogP contribution in [0, 0.1) is 17.2 Å². The topological polar surface area (TPSA) is 65.9 Å². The summed E-state index contributed by atoms with van der Waals surface area (Å²) in [5.41, 5.74) is 6.33. The Morgan fingerprint density at radius 2 is 2.41 bits per heavy atom. The van der Waals surface area contributed by atoms with Crippen molar-refractivity contribution in [3.05, 3.63) is 23.9 Å². The van der Waals surface area contributed by atoms with Gasteiger partial charge in [-0.25, -0.2) is 4.98 Å². The van der Waals surface area contributed by atoms with Crippen LogP contribution in [0.2, 0.25) is 0 Å². The van der Waals surface area contributed by atoms with Gasteiger partial charge in [0.05, 0.1) is 0 Å². The van der Waals surface area contributed by atoms with Crippen molar-refractivity contribution in [1.29, 1.82) is 5.26 Å². The summed E-state index contributed by atoms with van der Waals surface area (Å²) in [4.78, 5) is 6.60. The summed E-state index contributed by atoms with van der Waals surface area (Å²) < 4.78 is 0. The van der Waals surface area contributed by atoms with Crippen LogP contribution in [0.4, 0.5) is 5.82 Å².